The van der Waals surface area contributed by atoms with Gasteiger partial charge in [0, 0.05) is 26.2 Å². The molecule has 2 fully saturated rings. The largest absolute Gasteiger partial charge is 0.481 e. The smallest absolute Gasteiger partial charge is 0.408 e. The zero-order chi connectivity index (χ0) is 75.6. The molecule has 4 aromatic rings. The second-order valence-corrected chi connectivity index (χ2v) is 33.2. The van der Waals surface area contributed by atoms with Crippen molar-refractivity contribution in [2.24, 2.45) is 34.5 Å². The monoisotopic (exact) mass is 1510 g/mol. The minimum absolute atomic E-state index is 0.127. The summed E-state index contributed by atoms with van der Waals surface area (Å²) in [6, 6.07) is 20.0. The summed E-state index contributed by atoms with van der Waals surface area (Å²) in [5.41, 5.74) is 0.959. The number of carbonyl (C=O) groups is 9. The molecule has 0 saturated carbocycles. The van der Waals surface area contributed by atoms with Crippen LogP contribution >= 0.6 is 69.6 Å². The van der Waals surface area contributed by atoms with Crippen LogP contribution in [-0.4, -0.2) is 155 Å². The number of halogens is 6. The highest BCUT2D eigenvalue weighted by Crippen LogP contribution is 2.31. The fourth-order valence-corrected chi connectivity index (χ4v) is 10.8. The Labute approximate surface area is 617 Å². The summed E-state index contributed by atoms with van der Waals surface area (Å²) in [6.07, 6.45) is 7.60. The maximum atomic E-state index is 13.4. The SMILES string of the molecule is CC(C)[C@H](NC(=O)C(C)(C)/C=C/c1ccc2ccc([C@@H](C)O)cc2c1)C(=O)N[C@@H](C)C(=O)N1CCC[C@@H](C(=O)OCC(Cl)(Cl)Cl)C1.CC(C)[C@H](NC(=O)OC(C)(C)C)C(=O)N[C@@H](C)C(=O)N1CCC[C@@H](C(=O)OCC(Cl)(Cl)Cl)C1.C[C@@H](O)c1ccc2ccc(/C=C/C(C)(C)C(=O)O)cc2c1. The predicted molar refractivity (Wildman–Crippen MR) is 394 cm³/mol. The van der Waals surface area contributed by atoms with Crippen LogP contribution in [0.2, 0.25) is 0 Å². The Balaban J connectivity index is 0.000000342. The van der Waals surface area contributed by atoms with E-state index in [4.69, 9.17) is 88.9 Å². The Hall–Kier alpha value is -6.43. The molecule has 6 amide bonds. The van der Waals surface area contributed by atoms with Crippen LogP contribution in [0.15, 0.2) is 84.9 Å². The lowest BCUT2D eigenvalue weighted by Crippen LogP contribution is -2.57. The number of hydrogen-bond acceptors (Lipinski definition) is 14. The zero-order valence-electron chi connectivity index (χ0n) is 59.5. The Kier molecular flexibility index (Phi) is 32.4. The van der Waals surface area contributed by atoms with Crippen molar-refractivity contribution in [3.8, 4) is 0 Å². The number of piperidine rings is 2. The number of aliphatic carboxylic acids is 1. The quantitative estimate of drug-likeness (QED) is 0.0219. The molecule has 0 bridgehead atoms. The number of alkyl halides is 6. The van der Waals surface area contributed by atoms with Gasteiger partial charge in [-0.15, -0.1) is 0 Å². The number of alkyl carbamates (subject to hydrolysis) is 1. The van der Waals surface area contributed by atoms with E-state index in [2.05, 4.69) is 21.3 Å². The number of esters is 2. The van der Waals surface area contributed by atoms with E-state index in [1.807, 2.05) is 98.8 Å². The first-order chi connectivity index (χ1) is 46.2. The van der Waals surface area contributed by atoms with Crippen molar-refractivity contribution < 1.29 is 72.7 Å². The topological polar surface area (TPSA) is 297 Å². The number of aliphatic hydroxyl groups excluding tert-OH is 2. The molecular weight excluding hydrogens is 1410 g/mol. The second-order valence-electron chi connectivity index (χ2n) is 28.2. The molecule has 0 spiro atoms. The summed E-state index contributed by atoms with van der Waals surface area (Å²) < 4.78 is 11.9. The molecule has 6 rings (SSSR count). The number of carboxylic acids is 1. The normalized spacial score (nSPS) is 17.3. The summed E-state index contributed by atoms with van der Waals surface area (Å²) in [6.45, 7) is 26.1. The van der Waals surface area contributed by atoms with Crippen LogP contribution < -0.4 is 21.3 Å². The molecule has 0 aromatic heterocycles. The summed E-state index contributed by atoms with van der Waals surface area (Å²) in [7, 11) is 0. The summed E-state index contributed by atoms with van der Waals surface area (Å²) in [5, 5.41) is 43.6. The molecule has 552 valence electrons. The van der Waals surface area contributed by atoms with Crippen molar-refractivity contribution in [1.82, 2.24) is 31.1 Å². The first-order valence-corrected chi connectivity index (χ1v) is 35.4. The van der Waals surface area contributed by atoms with Gasteiger partial charge in [0.05, 0.1) is 34.9 Å². The standard InChI is InChI=1S/C34H44Cl3N3O6.C21H34Cl3N3O6.C18H20O3/c1-20(2)28(29(42)38-21(3)30(43)40-15-7-8-26(18-40)31(44)46-19-34(35,36)37)39-32(45)33(5,6)14-13-23-9-10-24-11-12-25(22(4)41)17-27(24)16-23;1-12(2)15(26-19(31)33-20(4,5)6)16(28)25-13(3)17(29)27-9-7-8-14(10-27)18(30)32-11-21(22,23)24;1-12(19)15-7-6-14-5-4-13(10-16(14)11-15)8-9-18(2,3)17(20)21/h9-14,16-17,20-22,26,28,41H,7-8,15,18-19H2,1-6H3,(H,38,42)(H,39,45);12-15H,7-11H2,1-6H3,(H,25,28)(H,26,31);4-12,19H,1-3H3,(H,20,21)/b14-13+;;9-8+/t21-,22+,26+,28-;13-,14+,15-;12-/m001/s1. The third-order valence-electron chi connectivity index (χ3n) is 16.5. The fraction of sp³-hybridized carbons (Fsp3) is 0.548. The molecule has 0 aliphatic carbocycles. The van der Waals surface area contributed by atoms with E-state index in [1.54, 1.807) is 102 Å². The van der Waals surface area contributed by atoms with Gasteiger partial charge in [0.15, 0.2) is 0 Å². The number of aliphatic hydroxyl groups is 2. The molecule has 21 nitrogen and oxygen atoms in total. The first-order valence-electron chi connectivity index (χ1n) is 33.2. The molecule has 27 heteroatoms. The second kappa shape index (κ2) is 37.7. The highest BCUT2D eigenvalue weighted by atomic mass is 35.6. The van der Waals surface area contributed by atoms with Crippen molar-refractivity contribution >= 4 is 157 Å². The minimum Gasteiger partial charge on any atom is -0.481 e. The van der Waals surface area contributed by atoms with Gasteiger partial charge in [-0.1, -0.05) is 170 Å². The molecule has 4 aromatic carbocycles. The Morgan fingerprint density at radius 3 is 1.24 bits per heavy atom. The number of carboxylic acid groups (broad SMARTS) is 1. The Morgan fingerprint density at radius 1 is 0.520 bits per heavy atom. The van der Waals surface area contributed by atoms with E-state index in [0.29, 0.717) is 38.8 Å². The molecule has 2 aliphatic rings. The van der Waals surface area contributed by atoms with Gasteiger partial charge < -0.3 is 60.6 Å². The predicted octanol–water partition coefficient (Wildman–Crippen LogP) is 12.9. The number of ether oxygens (including phenoxy) is 3. The fourth-order valence-electron chi connectivity index (χ4n) is 10.4. The van der Waals surface area contributed by atoms with Gasteiger partial charge in [-0.05, 0) is 182 Å². The van der Waals surface area contributed by atoms with Gasteiger partial charge in [-0.3, -0.25) is 38.4 Å². The third-order valence-corrected chi connectivity index (χ3v) is 17.1. The average Bonchev–Trinajstić information content (AvgIpc) is 0.852. The molecule has 0 radical (unpaired) electrons. The number of nitrogens with zero attached hydrogens (tertiary/aromatic N) is 2. The molecule has 2 saturated heterocycles. The van der Waals surface area contributed by atoms with Crippen LogP contribution in [0.5, 0.6) is 0 Å². The number of likely N-dealkylation sites (tertiary alicyclic amines) is 2. The van der Waals surface area contributed by atoms with E-state index in [9.17, 15) is 53.4 Å². The third kappa shape index (κ3) is 28.4. The lowest BCUT2D eigenvalue weighted by atomic mass is 9.89. The lowest BCUT2D eigenvalue weighted by molar-refractivity contribution is -0.153. The highest BCUT2D eigenvalue weighted by Gasteiger charge is 2.38. The van der Waals surface area contributed by atoms with Crippen molar-refractivity contribution in [3.63, 3.8) is 0 Å². The van der Waals surface area contributed by atoms with E-state index in [-0.39, 0.29) is 49.3 Å². The van der Waals surface area contributed by atoms with E-state index >= 15 is 0 Å². The maximum Gasteiger partial charge on any atom is 0.408 e. The number of nitrogens with one attached hydrogen (secondary N) is 4. The van der Waals surface area contributed by atoms with Crippen LogP contribution in [0.3, 0.4) is 0 Å². The lowest BCUT2D eigenvalue weighted by Gasteiger charge is -2.34. The summed E-state index contributed by atoms with van der Waals surface area (Å²) in [4.78, 5) is 117. The molecule has 0 unspecified atom stereocenters. The van der Waals surface area contributed by atoms with E-state index in [0.717, 1.165) is 43.8 Å². The first kappa shape index (κ1) is 86.0. The molecule has 2 heterocycles. The van der Waals surface area contributed by atoms with Gasteiger partial charge in [0.2, 0.25) is 37.1 Å². The molecule has 2 aliphatic heterocycles. The zero-order valence-corrected chi connectivity index (χ0v) is 64.0. The van der Waals surface area contributed by atoms with Crippen molar-refractivity contribution in [1.29, 1.82) is 0 Å². The number of rotatable bonds is 22. The Bertz CT molecular complexity index is 3580. The van der Waals surface area contributed by atoms with Crippen molar-refractivity contribution in [3.05, 3.63) is 107 Å². The number of carbonyl (C=O) groups excluding carboxylic acids is 8. The molecule has 7 N–H and O–H groups in total. The van der Waals surface area contributed by atoms with Crippen molar-refractivity contribution in [2.45, 2.75) is 179 Å². The molecule has 8 atom stereocenters. The summed E-state index contributed by atoms with van der Waals surface area (Å²) in [5.74, 6) is -5.59. The summed E-state index contributed by atoms with van der Waals surface area (Å²) >= 11 is 33.9. The van der Waals surface area contributed by atoms with E-state index in [1.165, 1.54) is 9.80 Å². The Morgan fingerprint density at radius 2 is 0.890 bits per heavy atom. The molecule has 100 heavy (non-hydrogen) atoms. The molecular formula is C73H98Cl6N6O15. The van der Waals surface area contributed by atoms with Gasteiger partial charge in [-0.25, -0.2) is 4.79 Å². The number of amides is 6. The van der Waals surface area contributed by atoms with Crippen molar-refractivity contribution in [2.75, 3.05) is 39.4 Å². The van der Waals surface area contributed by atoms with E-state index < -0.39 is 115 Å². The van der Waals surface area contributed by atoms with Crippen LogP contribution in [-0.2, 0) is 52.6 Å². The number of hydrogen-bond donors (Lipinski definition) is 7. The van der Waals surface area contributed by atoms with Crippen LogP contribution in [0, 0.1) is 34.5 Å². The number of benzene rings is 4. The van der Waals surface area contributed by atoms with Gasteiger partial charge in [0.1, 0.15) is 43.0 Å². The van der Waals surface area contributed by atoms with Gasteiger partial charge in [-0.2, -0.15) is 0 Å². The van der Waals surface area contributed by atoms with Gasteiger partial charge in [0.25, 0.3) is 0 Å². The number of fused-ring (bicyclic) bond motifs is 2. The maximum absolute atomic E-state index is 13.4. The van der Waals surface area contributed by atoms with Crippen LogP contribution in [0.4, 0.5) is 4.79 Å². The van der Waals surface area contributed by atoms with Gasteiger partial charge >= 0.3 is 24.0 Å². The minimum atomic E-state index is -1.73. The van der Waals surface area contributed by atoms with Crippen LogP contribution in [0.25, 0.3) is 33.7 Å². The highest BCUT2D eigenvalue weighted by molar-refractivity contribution is 6.68. The van der Waals surface area contributed by atoms with Crippen LogP contribution in [0.1, 0.15) is 164 Å². The average molecular weight is 1510 g/mol.